The quantitative estimate of drug-likeness (QED) is 0.871. The molecule has 2 rings (SSSR count). The van der Waals surface area contributed by atoms with Crippen LogP contribution in [-0.4, -0.2) is 20.5 Å². The zero-order chi connectivity index (χ0) is 14.6. The van der Waals surface area contributed by atoms with E-state index >= 15 is 0 Å². The highest BCUT2D eigenvalue weighted by molar-refractivity contribution is 7.90. The van der Waals surface area contributed by atoms with E-state index < -0.39 is 15.9 Å². The maximum atomic E-state index is 11.7. The number of nitrogens with zero attached hydrogens (tertiary/aromatic N) is 1. The van der Waals surface area contributed by atoms with E-state index in [9.17, 15) is 13.2 Å². The van der Waals surface area contributed by atoms with E-state index in [-0.39, 0.29) is 4.90 Å². The van der Waals surface area contributed by atoms with Crippen LogP contribution in [0.3, 0.4) is 0 Å². The molecule has 0 aliphatic carbocycles. The number of carbonyl (C=O) groups is 1. The number of rotatable bonds is 4. The van der Waals surface area contributed by atoms with Gasteiger partial charge in [0.25, 0.3) is 10.0 Å². The first-order chi connectivity index (χ1) is 9.47. The van der Waals surface area contributed by atoms with Crippen molar-refractivity contribution in [1.29, 1.82) is 0 Å². The van der Waals surface area contributed by atoms with Crippen LogP contribution in [-0.2, 0) is 14.8 Å². The number of amides is 1. The minimum absolute atomic E-state index is 0.00430. The van der Waals surface area contributed by atoms with Crippen LogP contribution in [0.4, 0.5) is 5.69 Å². The van der Waals surface area contributed by atoms with Gasteiger partial charge in [0.15, 0.2) is 0 Å². The molecule has 0 bridgehead atoms. The van der Waals surface area contributed by atoms with Gasteiger partial charge in [-0.1, -0.05) is 0 Å². The van der Waals surface area contributed by atoms with Crippen molar-refractivity contribution < 1.29 is 17.6 Å². The number of sulfonamides is 1. The van der Waals surface area contributed by atoms with Crippen LogP contribution in [0, 0.1) is 0 Å². The molecule has 1 N–H and O–H groups in total. The molecule has 104 valence electrons. The van der Waals surface area contributed by atoms with Gasteiger partial charge < -0.3 is 4.42 Å². The molecule has 6 nitrogen and oxygen atoms in total. The predicted molar refractivity (Wildman–Crippen MR) is 73.4 cm³/mol. The molecule has 1 aromatic carbocycles. The Morgan fingerprint density at radius 2 is 1.95 bits per heavy atom. The number of furan rings is 1. The van der Waals surface area contributed by atoms with Crippen LogP contribution in [0.15, 0.2) is 57.0 Å². The van der Waals surface area contributed by atoms with Gasteiger partial charge in [-0.2, -0.15) is 0 Å². The molecule has 7 heteroatoms. The van der Waals surface area contributed by atoms with Crippen LogP contribution in [0.25, 0.3) is 0 Å². The average molecular weight is 292 g/mol. The summed E-state index contributed by atoms with van der Waals surface area (Å²) in [5.74, 6) is -0.0372. The lowest BCUT2D eigenvalue weighted by molar-refractivity contribution is -0.117. The fourth-order valence-corrected chi connectivity index (χ4v) is 2.45. The van der Waals surface area contributed by atoms with Gasteiger partial charge in [0.1, 0.15) is 5.76 Å². The summed E-state index contributed by atoms with van der Waals surface area (Å²) >= 11 is 0. The molecule has 0 aliphatic heterocycles. The van der Waals surface area contributed by atoms with Crippen molar-refractivity contribution >= 4 is 27.8 Å². The van der Waals surface area contributed by atoms with Crippen LogP contribution < -0.4 is 4.72 Å². The summed E-state index contributed by atoms with van der Waals surface area (Å²) in [6.07, 6.45) is 3.06. The maximum absolute atomic E-state index is 11.7. The van der Waals surface area contributed by atoms with Crippen LogP contribution in [0.1, 0.15) is 12.7 Å². The van der Waals surface area contributed by atoms with Crippen molar-refractivity contribution in [2.75, 3.05) is 0 Å². The number of hydrogen-bond acceptors (Lipinski definition) is 5. The van der Waals surface area contributed by atoms with Crippen LogP contribution in [0.5, 0.6) is 0 Å². The van der Waals surface area contributed by atoms with E-state index in [0.717, 1.165) is 6.92 Å². The average Bonchev–Trinajstić information content (AvgIpc) is 2.88. The topological polar surface area (TPSA) is 88.7 Å². The Labute approximate surface area is 116 Å². The van der Waals surface area contributed by atoms with Gasteiger partial charge in [-0.05, 0) is 36.4 Å². The smallest absolute Gasteiger partial charge is 0.264 e. The molecule has 20 heavy (non-hydrogen) atoms. The third kappa shape index (κ3) is 3.55. The highest BCUT2D eigenvalue weighted by Crippen LogP contribution is 2.16. The lowest BCUT2D eigenvalue weighted by atomic mass is 10.3. The second-order valence-electron chi connectivity index (χ2n) is 3.93. The second kappa shape index (κ2) is 5.70. The molecule has 0 atom stereocenters. The van der Waals surface area contributed by atoms with Gasteiger partial charge >= 0.3 is 0 Å². The molecular formula is C13H12N2O4S. The largest absolute Gasteiger partial charge is 0.463 e. The molecule has 0 unspecified atom stereocenters. The molecule has 0 saturated heterocycles. The summed E-state index contributed by atoms with van der Waals surface area (Å²) in [5, 5.41) is 0. The van der Waals surface area contributed by atoms with Crippen molar-refractivity contribution in [3.05, 3.63) is 48.4 Å². The fraction of sp³-hybridized carbons (Fsp3) is 0.0769. The molecule has 0 aliphatic rings. The number of aliphatic imine (C=N–C) groups is 1. The zero-order valence-corrected chi connectivity index (χ0v) is 11.4. The normalized spacial score (nSPS) is 11.7. The molecule has 0 fully saturated rings. The first-order valence-corrected chi connectivity index (χ1v) is 7.17. The van der Waals surface area contributed by atoms with Gasteiger partial charge in [-0.15, -0.1) is 0 Å². The first kappa shape index (κ1) is 14.0. The minimum Gasteiger partial charge on any atom is -0.463 e. The third-order valence-corrected chi connectivity index (χ3v) is 3.76. The third-order valence-electron chi connectivity index (χ3n) is 2.31. The maximum Gasteiger partial charge on any atom is 0.264 e. The van der Waals surface area contributed by atoms with Crippen molar-refractivity contribution in [2.45, 2.75) is 11.8 Å². The lowest BCUT2D eigenvalue weighted by Gasteiger charge is -2.04. The molecular weight excluding hydrogens is 280 g/mol. The van der Waals surface area contributed by atoms with E-state index in [0.29, 0.717) is 11.4 Å². The molecule has 1 heterocycles. The van der Waals surface area contributed by atoms with Crippen molar-refractivity contribution in [3.63, 3.8) is 0 Å². The Morgan fingerprint density at radius 3 is 2.50 bits per heavy atom. The Hall–Kier alpha value is -2.41. The Bertz CT molecular complexity index is 716. The van der Waals surface area contributed by atoms with Gasteiger partial charge in [-0.3, -0.25) is 9.79 Å². The molecule has 0 saturated carbocycles. The SMILES string of the molecule is CC(=O)NS(=O)(=O)c1ccc(N=Cc2ccco2)cc1. The molecule has 0 radical (unpaired) electrons. The molecule has 2 aromatic rings. The van der Waals surface area contributed by atoms with Crippen molar-refractivity contribution in [2.24, 2.45) is 4.99 Å². The van der Waals surface area contributed by atoms with Crippen LogP contribution >= 0.6 is 0 Å². The van der Waals surface area contributed by atoms with Crippen molar-refractivity contribution in [1.82, 2.24) is 4.72 Å². The van der Waals surface area contributed by atoms with Crippen molar-refractivity contribution in [3.8, 4) is 0 Å². The number of benzene rings is 1. The monoisotopic (exact) mass is 292 g/mol. The summed E-state index contributed by atoms with van der Waals surface area (Å²) in [6, 6.07) is 9.31. The molecule has 1 aromatic heterocycles. The Balaban J connectivity index is 2.16. The summed E-state index contributed by atoms with van der Waals surface area (Å²) < 4.78 is 30.4. The van der Waals surface area contributed by atoms with E-state index in [2.05, 4.69) is 4.99 Å². The number of carbonyl (C=O) groups excluding carboxylic acids is 1. The summed E-state index contributed by atoms with van der Waals surface area (Å²) in [4.78, 5) is 14.9. The van der Waals surface area contributed by atoms with Gasteiger partial charge in [0.2, 0.25) is 5.91 Å². The predicted octanol–water partition coefficient (Wildman–Crippen LogP) is 1.85. The summed E-state index contributed by atoms with van der Waals surface area (Å²) in [7, 11) is -3.80. The fourth-order valence-electron chi connectivity index (χ4n) is 1.46. The molecule has 1 amide bonds. The highest BCUT2D eigenvalue weighted by atomic mass is 32.2. The Morgan fingerprint density at radius 1 is 1.25 bits per heavy atom. The van der Waals surface area contributed by atoms with E-state index in [1.54, 1.807) is 12.1 Å². The Kier molecular flexibility index (Phi) is 3.99. The summed E-state index contributed by atoms with van der Waals surface area (Å²) in [6.45, 7) is 1.14. The van der Waals surface area contributed by atoms with E-state index in [1.807, 2.05) is 4.72 Å². The molecule has 0 spiro atoms. The van der Waals surface area contributed by atoms with Crippen LogP contribution in [0.2, 0.25) is 0 Å². The van der Waals surface area contributed by atoms with Gasteiger partial charge in [0.05, 0.1) is 23.1 Å². The summed E-state index contributed by atoms with van der Waals surface area (Å²) in [5.41, 5.74) is 0.572. The van der Waals surface area contributed by atoms with Gasteiger partial charge in [-0.25, -0.2) is 13.1 Å². The number of hydrogen-bond donors (Lipinski definition) is 1. The first-order valence-electron chi connectivity index (χ1n) is 5.68. The highest BCUT2D eigenvalue weighted by Gasteiger charge is 2.14. The van der Waals surface area contributed by atoms with E-state index in [4.69, 9.17) is 4.42 Å². The minimum atomic E-state index is -3.80. The standard InChI is InChI=1S/C13H12N2O4S/c1-10(16)15-20(17,18)13-6-4-11(5-7-13)14-9-12-3-2-8-19-12/h2-9H,1H3,(H,15,16). The second-order valence-corrected chi connectivity index (χ2v) is 5.61. The lowest BCUT2D eigenvalue weighted by Crippen LogP contribution is -2.28. The van der Waals surface area contributed by atoms with Gasteiger partial charge in [0, 0.05) is 6.92 Å². The number of nitrogens with one attached hydrogen (secondary N) is 1. The van der Waals surface area contributed by atoms with E-state index in [1.165, 1.54) is 36.7 Å². The zero-order valence-electron chi connectivity index (χ0n) is 10.6.